The summed E-state index contributed by atoms with van der Waals surface area (Å²) in [6, 6.07) is 0.486. The molecule has 4 nitrogen and oxygen atoms in total. The molecule has 1 aromatic rings. The van der Waals surface area contributed by atoms with E-state index in [1.807, 2.05) is 0 Å². The van der Waals surface area contributed by atoms with Crippen molar-refractivity contribution in [1.82, 2.24) is 9.97 Å². The first-order chi connectivity index (χ1) is 10.1. The van der Waals surface area contributed by atoms with Gasteiger partial charge < -0.3 is 10.6 Å². The summed E-state index contributed by atoms with van der Waals surface area (Å²) in [7, 11) is 0. The molecule has 1 saturated carbocycles. The maximum absolute atomic E-state index is 4.74. The molecular weight excluding hydrogens is 260 g/mol. The van der Waals surface area contributed by atoms with E-state index >= 15 is 0 Å². The van der Waals surface area contributed by atoms with E-state index < -0.39 is 0 Å². The van der Waals surface area contributed by atoms with E-state index in [9.17, 15) is 0 Å². The van der Waals surface area contributed by atoms with Gasteiger partial charge in [0.25, 0.3) is 0 Å². The van der Waals surface area contributed by atoms with Gasteiger partial charge in [0.2, 0.25) is 0 Å². The molecule has 2 N–H and O–H groups in total. The monoisotopic (exact) mass is 290 g/mol. The van der Waals surface area contributed by atoms with Crippen molar-refractivity contribution in [3.8, 4) is 0 Å². The quantitative estimate of drug-likeness (QED) is 0.717. The highest BCUT2D eigenvalue weighted by Gasteiger charge is 2.24. The summed E-state index contributed by atoms with van der Waals surface area (Å²) in [5, 5.41) is 7.04. The van der Waals surface area contributed by atoms with Crippen LogP contribution >= 0.6 is 0 Å². The third-order valence-corrected chi connectivity index (χ3v) is 3.98. The summed E-state index contributed by atoms with van der Waals surface area (Å²) < 4.78 is 0. The van der Waals surface area contributed by atoms with Crippen molar-refractivity contribution in [2.75, 3.05) is 17.2 Å². The summed E-state index contributed by atoms with van der Waals surface area (Å²) in [6.07, 6.45) is 7.18. The van der Waals surface area contributed by atoms with Crippen molar-refractivity contribution in [2.45, 2.75) is 72.3 Å². The Balaban J connectivity index is 2.13. The molecule has 0 spiro atoms. The molecule has 0 amide bonds. The van der Waals surface area contributed by atoms with Crippen molar-refractivity contribution in [1.29, 1.82) is 0 Å². The van der Waals surface area contributed by atoms with Crippen molar-refractivity contribution in [2.24, 2.45) is 5.92 Å². The number of hydrogen-bond donors (Lipinski definition) is 2. The Morgan fingerprint density at radius 1 is 1.14 bits per heavy atom. The molecule has 0 radical (unpaired) electrons. The lowest BCUT2D eigenvalue weighted by Gasteiger charge is -2.19. The van der Waals surface area contributed by atoms with Crippen molar-refractivity contribution < 1.29 is 0 Å². The second kappa shape index (κ2) is 7.62. The molecule has 4 heteroatoms. The fourth-order valence-electron chi connectivity index (χ4n) is 2.60. The largest absolute Gasteiger partial charge is 0.370 e. The topological polar surface area (TPSA) is 49.8 Å². The summed E-state index contributed by atoms with van der Waals surface area (Å²) in [4.78, 5) is 9.41. The zero-order valence-corrected chi connectivity index (χ0v) is 14.0. The lowest BCUT2D eigenvalue weighted by molar-refractivity contribution is 0.638. The van der Waals surface area contributed by atoms with Gasteiger partial charge in [-0.05, 0) is 39.0 Å². The summed E-state index contributed by atoms with van der Waals surface area (Å²) in [5.74, 6) is 3.89. The molecule has 21 heavy (non-hydrogen) atoms. The summed E-state index contributed by atoms with van der Waals surface area (Å²) in [5.41, 5.74) is 1.14. The minimum absolute atomic E-state index is 0.486. The number of aryl methyl sites for hydroxylation is 1. The molecule has 1 heterocycles. The Hall–Kier alpha value is -1.32. The summed E-state index contributed by atoms with van der Waals surface area (Å²) in [6.45, 7) is 9.68. The van der Waals surface area contributed by atoms with E-state index in [1.165, 1.54) is 19.3 Å². The van der Waals surface area contributed by atoms with E-state index in [-0.39, 0.29) is 0 Å². The normalized spacial score (nSPS) is 15.8. The lowest BCUT2D eigenvalue weighted by Crippen LogP contribution is -2.19. The third-order valence-electron chi connectivity index (χ3n) is 3.98. The van der Waals surface area contributed by atoms with Crippen LogP contribution in [0, 0.1) is 12.8 Å². The fourth-order valence-corrected chi connectivity index (χ4v) is 2.60. The minimum atomic E-state index is 0.486. The first-order valence-corrected chi connectivity index (χ1v) is 8.51. The van der Waals surface area contributed by atoms with Crippen LogP contribution in [0.5, 0.6) is 0 Å². The van der Waals surface area contributed by atoms with Gasteiger partial charge in [0.15, 0.2) is 0 Å². The smallest absolute Gasteiger partial charge is 0.134 e. The molecule has 1 aromatic heterocycles. The van der Waals surface area contributed by atoms with Gasteiger partial charge in [-0.1, -0.05) is 26.7 Å². The van der Waals surface area contributed by atoms with E-state index in [2.05, 4.69) is 43.3 Å². The fraction of sp³-hybridized carbons (Fsp3) is 0.765. The van der Waals surface area contributed by atoms with Gasteiger partial charge in [-0.3, -0.25) is 0 Å². The number of hydrogen-bond acceptors (Lipinski definition) is 4. The molecule has 1 atom stereocenters. The van der Waals surface area contributed by atoms with Crippen LogP contribution < -0.4 is 10.6 Å². The molecular formula is C17H30N4. The Morgan fingerprint density at radius 2 is 1.86 bits per heavy atom. The van der Waals surface area contributed by atoms with Gasteiger partial charge in [0, 0.05) is 24.6 Å². The SMILES string of the molecule is CCCNc1nc(CCC)nc(NC(C)CC2CC2)c1C. The highest BCUT2D eigenvalue weighted by Crippen LogP contribution is 2.34. The first kappa shape index (κ1) is 16.1. The number of anilines is 2. The maximum atomic E-state index is 4.74. The molecule has 0 aliphatic heterocycles. The highest BCUT2D eigenvalue weighted by atomic mass is 15.1. The predicted octanol–water partition coefficient (Wildman–Crippen LogP) is 4.16. The van der Waals surface area contributed by atoms with Crippen LogP contribution in [0.4, 0.5) is 11.6 Å². The number of aromatic nitrogens is 2. The van der Waals surface area contributed by atoms with Gasteiger partial charge in [-0.2, -0.15) is 0 Å². The van der Waals surface area contributed by atoms with Crippen LogP contribution in [-0.4, -0.2) is 22.6 Å². The second-order valence-electron chi connectivity index (χ2n) is 6.36. The molecule has 118 valence electrons. The highest BCUT2D eigenvalue weighted by molar-refractivity contribution is 5.57. The van der Waals surface area contributed by atoms with Crippen LogP contribution in [0.15, 0.2) is 0 Å². The average Bonchev–Trinajstić information content (AvgIpc) is 3.24. The molecule has 2 rings (SSSR count). The van der Waals surface area contributed by atoms with Crippen LogP contribution in [0.25, 0.3) is 0 Å². The molecule has 0 saturated heterocycles. The molecule has 0 bridgehead atoms. The van der Waals surface area contributed by atoms with E-state index in [4.69, 9.17) is 4.98 Å². The Morgan fingerprint density at radius 3 is 2.48 bits per heavy atom. The van der Waals surface area contributed by atoms with Crippen molar-refractivity contribution in [3.05, 3.63) is 11.4 Å². The minimum Gasteiger partial charge on any atom is -0.370 e. The van der Waals surface area contributed by atoms with Crippen LogP contribution in [0.1, 0.15) is 64.3 Å². The molecule has 1 aliphatic carbocycles. The Kier molecular flexibility index (Phi) is 5.83. The number of nitrogens with one attached hydrogen (secondary N) is 2. The Labute approximate surface area is 129 Å². The molecule has 1 aliphatic rings. The van der Waals surface area contributed by atoms with Crippen molar-refractivity contribution >= 4 is 11.6 Å². The molecule has 1 unspecified atom stereocenters. The summed E-state index contributed by atoms with van der Waals surface area (Å²) >= 11 is 0. The van der Waals surface area contributed by atoms with Gasteiger partial charge in [-0.15, -0.1) is 0 Å². The van der Waals surface area contributed by atoms with Gasteiger partial charge in [-0.25, -0.2) is 9.97 Å². The van der Waals surface area contributed by atoms with Crippen LogP contribution in [-0.2, 0) is 6.42 Å². The van der Waals surface area contributed by atoms with E-state index in [1.54, 1.807) is 0 Å². The lowest BCUT2D eigenvalue weighted by atomic mass is 10.1. The maximum Gasteiger partial charge on any atom is 0.134 e. The predicted molar refractivity (Wildman–Crippen MR) is 90.0 cm³/mol. The molecule has 1 fully saturated rings. The van der Waals surface area contributed by atoms with Crippen LogP contribution in [0.2, 0.25) is 0 Å². The van der Waals surface area contributed by atoms with Crippen LogP contribution in [0.3, 0.4) is 0 Å². The molecule has 0 aromatic carbocycles. The van der Waals surface area contributed by atoms with Gasteiger partial charge in [0.1, 0.15) is 17.5 Å². The zero-order chi connectivity index (χ0) is 15.2. The van der Waals surface area contributed by atoms with E-state index in [0.717, 1.165) is 54.7 Å². The average molecular weight is 290 g/mol. The number of rotatable bonds is 9. The second-order valence-corrected chi connectivity index (χ2v) is 6.36. The van der Waals surface area contributed by atoms with Gasteiger partial charge in [0.05, 0.1) is 0 Å². The Bertz CT molecular complexity index is 454. The zero-order valence-electron chi connectivity index (χ0n) is 14.0. The van der Waals surface area contributed by atoms with Crippen molar-refractivity contribution in [3.63, 3.8) is 0 Å². The first-order valence-electron chi connectivity index (χ1n) is 8.51. The number of nitrogens with zero attached hydrogens (tertiary/aromatic N) is 2. The standard InChI is InChI=1S/C17H30N4/c1-5-7-15-20-16(18-10-6-2)13(4)17(21-15)19-12(3)11-14-8-9-14/h12,14H,5-11H2,1-4H3,(H2,18,19,20,21). The van der Waals surface area contributed by atoms with E-state index in [0.29, 0.717) is 6.04 Å². The third kappa shape index (κ3) is 4.87. The van der Waals surface area contributed by atoms with Gasteiger partial charge >= 0.3 is 0 Å².